The van der Waals surface area contributed by atoms with E-state index in [1.807, 2.05) is 6.92 Å². The van der Waals surface area contributed by atoms with E-state index in [1.165, 1.54) is 4.90 Å². The number of nitrogens with zero attached hydrogens (tertiary/aromatic N) is 1. The highest BCUT2D eigenvalue weighted by Crippen LogP contribution is 2.23. The lowest BCUT2D eigenvalue weighted by Gasteiger charge is -2.44. The van der Waals surface area contributed by atoms with Crippen LogP contribution in [0.25, 0.3) is 0 Å². The number of hydrogen-bond acceptors (Lipinski definition) is 2. The highest BCUT2D eigenvalue weighted by molar-refractivity contribution is 5.66. The summed E-state index contributed by atoms with van der Waals surface area (Å²) in [7, 11) is 0. The molecule has 0 aromatic rings. The van der Waals surface area contributed by atoms with Gasteiger partial charge in [0.05, 0.1) is 18.7 Å². The molecule has 0 atom stereocenters. The van der Waals surface area contributed by atoms with Gasteiger partial charge in [-0.25, -0.2) is 4.79 Å². The maximum atomic E-state index is 10.2. The molecule has 4 nitrogen and oxygen atoms in total. The molecule has 10 heavy (non-hydrogen) atoms. The van der Waals surface area contributed by atoms with Crippen LogP contribution >= 0.6 is 0 Å². The molecule has 1 saturated heterocycles. The van der Waals surface area contributed by atoms with E-state index in [-0.39, 0.29) is 13.1 Å². The average molecular weight is 145 g/mol. The Morgan fingerprint density at radius 1 is 1.70 bits per heavy atom. The minimum absolute atomic E-state index is 0.263. The zero-order chi connectivity index (χ0) is 7.78. The maximum Gasteiger partial charge on any atom is 0.407 e. The first-order valence-electron chi connectivity index (χ1n) is 3.28. The number of aliphatic hydroxyl groups is 1. The van der Waals surface area contributed by atoms with Gasteiger partial charge in [0.2, 0.25) is 0 Å². The number of likely N-dealkylation sites (tertiary alicyclic amines) is 1. The lowest BCUT2D eigenvalue weighted by Crippen LogP contribution is -2.62. The van der Waals surface area contributed by atoms with Crippen molar-refractivity contribution in [3.05, 3.63) is 0 Å². The molecule has 1 aliphatic heterocycles. The number of rotatable bonds is 1. The van der Waals surface area contributed by atoms with Gasteiger partial charge in [0, 0.05) is 0 Å². The van der Waals surface area contributed by atoms with Crippen LogP contribution in [0.2, 0.25) is 0 Å². The smallest absolute Gasteiger partial charge is 0.407 e. The molecular formula is C6H11NO3. The quantitative estimate of drug-likeness (QED) is 0.551. The lowest BCUT2D eigenvalue weighted by atomic mass is 9.92. The molecule has 0 aromatic heterocycles. The molecule has 4 heteroatoms. The molecule has 58 valence electrons. The Bertz CT molecular complexity index is 151. The third-order valence-corrected chi connectivity index (χ3v) is 1.90. The SMILES string of the molecule is CCC1(O)CN(C(=O)O)C1. The molecule has 0 saturated carbocycles. The Kier molecular flexibility index (Phi) is 1.56. The van der Waals surface area contributed by atoms with E-state index in [0.29, 0.717) is 6.42 Å². The minimum Gasteiger partial charge on any atom is -0.465 e. The zero-order valence-electron chi connectivity index (χ0n) is 5.87. The second-order valence-corrected chi connectivity index (χ2v) is 2.72. The number of amides is 1. The first kappa shape index (κ1) is 7.34. The van der Waals surface area contributed by atoms with Gasteiger partial charge in [-0.05, 0) is 6.42 Å². The second-order valence-electron chi connectivity index (χ2n) is 2.72. The largest absolute Gasteiger partial charge is 0.465 e. The molecule has 2 N–H and O–H groups in total. The summed E-state index contributed by atoms with van der Waals surface area (Å²) in [5.74, 6) is 0. The summed E-state index contributed by atoms with van der Waals surface area (Å²) in [5.41, 5.74) is -0.738. The van der Waals surface area contributed by atoms with Gasteiger partial charge < -0.3 is 15.1 Å². The van der Waals surface area contributed by atoms with E-state index in [4.69, 9.17) is 5.11 Å². The van der Waals surface area contributed by atoms with E-state index in [2.05, 4.69) is 0 Å². The van der Waals surface area contributed by atoms with Crippen molar-refractivity contribution in [2.24, 2.45) is 0 Å². The standard InChI is InChI=1S/C6H11NO3/c1-2-6(10)3-7(4-6)5(8)9/h10H,2-4H2,1H3,(H,8,9). The maximum absolute atomic E-state index is 10.2. The van der Waals surface area contributed by atoms with Crippen molar-refractivity contribution < 1.29 is 15.0 Å². The van der Waals surface area contributed by atoms with Gasteiger partial charge in [0.25, 0.3) is 0 Å². The number of carbonyl (C=O) groups is 1. The van der Waals surface area contributed by atoms with Crippen LogP contribution in [0.1, 0.15) is 13.3 Å². The van der Waals surface area contributed by atoms with Gasteiger partial charge >= 0.3 is 6.09 Å². The summed E-state index contributed by atoms with van der Waals surface area (Å²) in [6.07, 6.45) is -0.324. The molecule has 1 fully saturated rings. The van der Waals surface area contributed by atoms with Crippen molar-refractivity contribution in [1.29, 1.82) is 0 Å². The van der Waals surface area contributed by atoms with Crippen molar-refractivity contribution in [2.75, 3.05) is 13.1 Å². The fourth-order valence-corrected chi connectivity index (χ4v) is 1.02. The van der Waals surface area contributed by atoms with Crippen LogP contribution in [-0.2, 0) is 0 Å². The third kappa shape index (κ3) is 1.07. The third-order valence-electron chi connectivity index (χ3n) is 1.90. The summed E-state index contributed by atoms with van der Waals surface area (Å²) in [5, 5.41) is 17.7. The van der Waals surface area contributed by atoms with Crippen LogP contribution in [0.4, 0.5) is 4.79 Å². The Morgan fingerprint density at radius 3 is 2.50 bits per heavy atom. The van der Waals surface area contributed by atoms with Gasteiger partial charge in [-0.1, -0.05) is 6.92 Å². The summed E-state index contributed by atoms with van der Waals surface area (Å²) in [4.78, 5) is 11.4. The molecule has 0 aliphatic carbocycles. The fraction of sp³-hybridized carbons (Fsp3) is 0.833. The van der Waals surface area contributed by atoms with Crippen molar-refractivity contribution in [1.82, 2.24) is 4.90 Å². The summed E-state index contributed by atoms with van der Waals surface area (Å²) >= 11 is 0. The highest BCUT2D eigenvalue weighted by Gasteiger charge is 2.41. The molecule has 0 radical (unpaired) electrons. The topological polar surface area (TPSA) is 60.8 Å². The highest BCUT2D eigenvalue weighted by atomic mass is 16.4. The number of hydrogen-bond donors (Lipinski definition) is 2. The van der Waals surface area contributed by atoms with E-state index in [9.17, 15) is 9.90 Å². The molecule has 0 unspecified atom stereocenters. The fourth-order valence-electron chi connectivity index (χ4n) is 1.02. The van der Waals surface area contributed by atoms with Gasteiger partial charge in [0.15, 0.2) is 0 Å². The predicted molar refractivity (Wildman–Crippen MR) is 34.8 cm³/mol. The van der Waals surface area contributed by atoms with E-state index in [1.54, 1.807) is 0 Å². The Labute approximate surface area is 59.1 Å². The second kappa shape index (κ2) is 2.12. The van der Waals surface area contributed by atoms with Crippen molar-refractivity contribution in [2.45, 2.75) is 18.9 Å². The van der Waals surface area contributed by atoms with Gasteiger partial charge in [-0.15, -0.1) is 0 Å². The average Bonchev–Trinajstić information content (AvgIpc) is 1.80. The van der Waals surface area contributed by atoms with Crippen LogP contribution < -0.4 is 0 Å². The van der Waals surface area contributed by atoms with Crippen molar-refractivity contribution in [3.63, 3.8) is 0 Å². The van der Waals surface area contributed by atoms with Gasteiger partial charge in [-0.3, -0.25) is 0 Å². The zero-order valence-corrected chi connectivity index (χ0v) is 5.87. The van der Waals surface area contributed by atoms with E-state index < -0.39 is 11.7 Å². The van der Waals surface area contributed by atoms with Gasteiger partial charge in [-0.2, -0.15) is 0 Å². The molecule has 0 spiro atoms. The lowest BCUT2D eigenvalue weighted by molar-refractivity contribution is -0.0859. The number of β-amino-alcohol motifs (C(OH)–C–C–N with tert-alkyl or cyclic N) is 1. The molecule has 1 amide bonds. The monoisotopic (exact) mass is 145 g/mol. The summed E-state index contributed by atoms with van der Waals surface area (Å²) in [6, 6.07) is 0. The van der Waals surface area contributed by atoms with Crippen LogP contribution in [0.3, 0.4) is 0 Å². The first-order valence-corrected chi connectivity index (χ1v) is 3.28. The van der Waals surface area contributed by atoms with Crippen LogP contribution in [-0.4, -0.2) is 39.9 Å². The van der Waals surface area contributed by atoms with Crippen molar-refractivity contribution >= 4 is 6.09 Å². The Hall–Kier alpha value is -0.770. The molecule has 0 aromatic carbocycles. The number of carboxylic acid groups (broad SMARTS) is 1. The molecule has 1 heterocycles. The van der Waals surface area contributed by atoms with Gasteiger partial charge in [0.1, 0.15) is 0 Å². The molecule has 1 rings (SSSR count). The first-order chi connectivity index (χ1) is 4.57. The van der Waals surface area contributed by atoms with E-state index in [0.717, 1.165) is 0 Å². The molecule has 0 bridgehead atoms. The predicted octanol–water partition coefficient (Wildman–Crippen LogP) is 0.121. The normalized spacial score (nSPS) is 22.0. The van der Waals surface area contributed by atoms with Crippen LogP contribution in [0.15, 0.2) is 0 Å². The van der Waals surface area contributed by atoms with E-state index >= 15 is 0 Å². The minimum atomic E-state index is -0.946. The molecular weight excluding hydrogens is 134 g/mol. The Morgan fingerprint density at radius 2 is 2.20 bits per heavy atom. The van der Waals surface area contributed by atoms with Crippen LogP contribution in [0.5, 0.6) is 0 Å². The van der Waals surface area contributed by atoms with Crippen molar-refractivity contribution in [3.8, 4) is 0 Å². The van der Waals surface area contributed by atoms with Crippen LogP contribution in [0, 0.1) is 0 Å². The summed E-state index contributed by atoms with van der Waals surface area (Å²) < 4.78 is 0. The Balaban J connectivity index is 2.36. The summed E-state index contributed by atoms with van der Waals surface area (Å²) in [6.45, 7) is 2.37. The molecule has 1 aliphatic rings.